The maximum absolute atomic E-state index is 13.0. The first-order valence-corrected chi connectivity index (χ1v) is 12.2. The van der Waals surface area contributed by atoms with Crippen molar-refractivity contribution < 1.29 is 27.2 Å². The number of hydrogen-bond donors (Lipinski definition) is 1. The van der Waals surface area contributed by atoms with Crippen LogP contribution in [0.5, 0.6) is 11.5 Å². The number of nitrogens with zero attached hydrogens (tertiary/aromatic N) is 2. The van der Waals surface area contributed by atoms with Crippen LogP contribution in [0.15, 0.2) is 27.6 Å². The first-order valence-electron chi connectivity index (χ1n) is 10.7. The van der Waals surface area contributed by atoms with Crippen LogP contribution < -0.4 is 14.8 Å². The van der Waals surface area contributed by atoms with Crippen molar-refractivity contribution in [2.45, 2.75) is 51.0 Å². The van der Waals surface area contributed by atoms with E-state index in [4.69, 9.17) is 14.0 Å². The lowest BCUT2D eigenvalue weighted by molar-refractivity contribution is -0.127. The lowest BCUT2D eigenvalue weighted by Gasteiger charge is -2.34. The first-order chi connectivity index (χ1) is 15.1. The largest absolute Gasteiger partial charge is 0.486 e. The van der Waals surface area contributed by atoms with E-state index in [9.17, 15) is 13.2 Å². The van der Waals surface area contributed by atoms with Gasteiger partial charge in [0.15, 0.2) is 17.3 Å². The van der Waals surface area contributed by atoms with Crippen LogP contribution in [0.4, 0.5) is 0 Å². The van der Waals surface area contributed by atoms with Gasteiger partial charge in [-0.2, -0.15) is 4.31 Å². The van der Waals surface area contributed by atoms with Gasteiger partial charge in [-0.25, -0.2) is 8.42 Å². The van der Waals surface area contributed by atoms with Gasteiger partial charge < -0.3 is 19.3 Å². The van der Waals surface area contributed by atoms with E-state index in [0.717, 1.165) is 5.56 Å². The van der Waals surface area contributed by atoms with Gasteiger partial charge >= 0.3 is 0 Å². The van der Waals surface area contributed by atoms with E-state index in [1.54, 1.807) is 13.8 Å². The van der Waals surface area contributed by atoms with Crippen LogP contribution >= 0.6 is 0 Å². The Labute approximate surface area is 188 Å². The summed E-state index contributed by atoms with van der Waals surface area (Å²) in [7, 11) is -3.70. The van der Waals surface area contributed by atoms with Gasteiger partial charge in [-0.3, -0.25) is 4.79 Å². The van der Waals surface area contributed by atoms with Crippen molar-refractivity contribution in [3.63, 3.8) is 0 Å². The van der Waals surface area contributed by atoms with Gasteiger partial charge in [-0.1, -0.05) is 11.2 Å². The summed E-state index contributed by atoms with van der Waals surface area (Å²) in [6, 6.07) is 5.68. The molecule has 2 aliphatic rings. The van der Waals surface area contributed by atoms with Gasteiger partial charge in [-0.15, -0.1) is 0 Å². The van der Waals surface area contributed by atoms with Crippen molar-refractivity contribution >= 4 is 15.9 Å². The van der Waals surface area contributed by atoms with Crippen LogP contribution in [0, 0.1) is 19.8 Å². The molecule has 1 fully saturated rings. The smallest absolute Gasteiger partial charge is 0.248 e. The zero-order valence-corrected chi connectivity index (χ0v) is 19.6. The van der Waals surface area contributed by atoms with Gasteiger partial charge in [0.05, 0.1) is 5.54 Å². The fourth-order valence-electron chi connectivity index (χ4n) is 4.24. The summed E-state index contributed by atoms with van der Waals surface area (Å²) >= 11 is 0. The van der Waals surface area contributed by atoms with E-state index in [0.29, 0.717) is 43.2 Å². The number of aryl methyl sites for hydroxylation is 2. The summed E-state index contributed by atoms with van der Waals surface area (Å²) in [5.74, 6) is 1.31. The number of hydrogen-bond acceptors (Lipinski definition) is 7. The van der Waals surface area contributed by atoms with Crippen LogP contribution in [0.3, 0.4) is 0 Å². The van der Waals surface area contributed by atoms with Crippen molar-refractivity contribution in [1.29, 1.82) is 0 Å². The Balaban J connectivity index is 1.40. The highest BCUT2D eigenvalue weighted by Gasteiger charge is 2.36. The van der Waals surface area contributed by atoms with Crippen LogP contribution in [0.2, 0.25) is 0 Å². The van der Waals surface area contributed by atoms with E-state index in [-0.39, 0.29) is 35.6 Å². The Hall–Kier alpha value is -2.59. The van der Waals surface area contributed by atoms with Crippen LogP contribution in [0.25, 0.3) is 0 Å². The molecule has 0 spiro atoms. The SMILES string of the molecule is Cc1noc(C)c1S(=O)(=O)N1CCC(C(=O)NC(C)(C)c2ccc3c(c2)OCCO3)CC1. The second kappa shape index (κ2) is 8.40. The molecule has 0 bridgehead atoms. The van der Waals surface area contributed by atoms with Crippen LogP contribution in [0.1, 0.15) is 43.7 Å². The molecule has 1 saturated heterocycles. The monoisotopic (exact) mass is 463 g/mol. The molecule has 0 radical (unpaired) electrons. The van der Waals surface area contributed by atoms with Crippen LogP contribution in [-0.4, -0.2) is 50.1 Å². The van der Waals surface area contributed by atoms with Crippen molar-refractivity contribution in [2.24, 2.45) is 5.92 Å². The number of nitrogens with one attached hydrogen (secondary N) is 1. The third-order valence-electron chi connectivity index (χ3n) is 6.09. The quantitative estimate of drug-likeness (QED) is 0.725. The zero-order chi connectivity index (χ0) is 23.1. The molecule has 9 nitrogen and oxygen atoms in total. The third kappa shape index (κ3) is 4.21. The van der Waals surface area contributed by atoms with Crippen molar-refractivity contribution in [2.75, 3.05) is 26.3 Å². The Bertz CT molecular complexity index is 1100. The van der Waals surface area contributed by atoms with E-state index in [1.807, 2.05) is 32.0 Å². The molecule has 2 aromatic rings. The number of benzene rings is 1. The second-order valence-corrected chi connectivity index (χ2v) is 10.7. The van der Waals surface area contributed by atoms with Crippen LogP contribution in [-0.2, 0) is 20.4 Å². The van der Waals surface area contributed by atoms with Gasteiger partial charge in [0.1, 0.15) is 23.8 Å². The third-order valence-corrected chi connectivity index (χ3v) is 8.23. The molecule has 174 valence electrons. The Morgan fingerprint density at radius 2 is 1.78 bits per heavy atom. The summed E-state index contributed by atoms with van der Waals surface area (Å²) in [5, 5.41) is 6.87. The summed E-state index contributed by atoms with van der Waals surface area (Å²) < 4.78 is 43.7. The summed E-state index contributed by atoms with van der Waals surface area (Å²) in [6.45, 7) is 8.65. The molecular weight excluding hydrogens is 434 g/mol. The summed E-state index contributed by atoms with van der Waals surface area (Å²) in [4.78, 5) is 13.1. The number of sulfonamides is 1. The number of piperidine rings is 1. The zero-order valence-electron chi connectivity index (χ0n) is 18.8. The lowest BCUT2D eigenvalue weighted by Crippen LogP contribution is -2.48. The summed E-state index contributed by atoms with van der Waals surface area (Å²) in [5.41, 5.74) is 0.643. The van der Waals surface area contributed by atoms with Gasteiger partial charge in [0.25, 0.3) is 0 Å². The predicted octanol–water partition coefficient (Wildman–Crippen LogP) is 2.51. The number of ether oxygens (including phenoxy) is 2. The molecule has 0 saturated carbocycles. The predicted molar refractivity (Wildman–Crippen MR) is 116 cm³/mol. The number of amides is 1. The number of fused-ring (bicyclic) bond motifs is 1. The standard InChI is InChI=1S/C22H29N3O6S/c1-14-20(15(2)31-24-14)32(27,28)25-9-7-16(8-10-25)21(26)23-22(3,4)17-5-6-18-19(13-17)30-12-11-29-18/h5-6,13,16H,7-12H2,1-4H3,(H,23,26). The van der Waals surface area contributed by atoms with Gasteiger partial charge in [-0.05, 0) is 58.2 Å². The topological polar surface area (TPSA) is 111 Å². The average molecular weight is 464 g/mol. The van der Waals surface area contributed by atoms with E-state index in [1.165, 1.54) is 4.31 Å². The normalized spacial score (nSPS) is 17.9. The molecule has 1 amide bonds. The molecule has 2 aliphatic heterocycles. The van der Waals surface area contributed by atoms with Crippen molar-refractivity contribution in [1.82, 2.24) is 14.8 Å². The fourth-order valence-corrected chi connectivity index (χ4v) is 6.01. The lowest BCUT2D eigenvalue weighted by atomic mass is 9.91. The first kappa shape index (κ1) is 22.6. The van der Waals surface area contributed by atoms with Gasteiger partial charge in [0, 0.05) is 19.0 Å². The number of carbonyl (C=O) groups excluding carboxylic acids is 1. The van der Waals surface area contributed by atoms with E-state index < -0.39 is 15.6 Å². The molecule has 0 atom stereocenters. The van der Waals surface area contributed by atoms with Crippen molar-refractivity contribution in [3.05, 3.63) is 35.2 Å². The maximum atomic E-state index is 13.0. The highest BCUT2D eigenvalue weighted by molar-refractivity contribution is 7.89. The number of carbonyl (C=O) groups is 1. The minimum atomic E-state index is -3.70. The number of aromatic nitrogens is 1. The minimum Gasteiger partial charge on any atom is -0.486 e. The molecule has 1 aromatic carbocycles. The van der Waals surface area contributed by atoms with E-state index in [2.05, 4.69) is 10.5 Å². The average Bonchev–Trinajstić information content (AvgIpc) is 3.11. The molecule has 4 rings (SSSR count). The Morgan fingerprint density at radius 3 is 2.41 bits per heavy atom. The molecule has 3 heterocycles. The Kier molecular flexibility index (Phi) is 5.93. The molecule has 1 aromatic heterocycles. The fraction of sp³-hybridized carbons (Fsp3) is 0.545. The highest BCUT2D eigenvalue weighted by Crippen LogP contribution is 2.35. The molecular formula is C22H29N3O6S. The molecule has 0 aliphatic carbocycles. The number of rotatable bonds is 5. The summed E-state index contributed by atoms with van der Waals surface area (Å²) in [6.07, 6.45) is 0.900. The minimum absolute atomic E-state index is 0.0840. The molecule has 0 unspecified atom stereocenters. The van der Waals surface area contributed by atoms with E-state index >= 15 is 0 Å². The maximum Gasteiger partial charge on any atom is 0.248 e. The second-order valence-electron chi connectivity index (χ2n) is 8.80. The highest BCUT2D eigenvalue weighted by atomic mass is 32.2. The molecule has 32 heavy (non-hydrogen) atoms. The van der Waals surface area contributed by atoms with Crippen molar-refractivity contribution in [3.8, 4) is 11.5 Å². The Morgan fingerprint density at radius 1 is 1.12 bits per heavy atom. The van der Waals surface area contributed by atoms with Gasteiger partial charge in [0.2, 0.25) is 15.9 Å². The molecule has 1 N–H and O–H groups in total. The molecule has 10 heteroatoms.